The molecule has 1 saturated heterocycles. The number of imidazole rings is 1. The predicted molar refractivity (Wildman–Crippen MR) is 487 cm³/mol. The van der Waals surface area contributed by atoms with Gasteiger partial charge in [0.05, 0.1) is 151 Å². The molecule has 2 heterocycles. The maximum atomic E-state index is 5.98. The number of nitrogens with zero attached hydrogens (tertiary/aromatic N) is 7. The van der Waals surface area contributed by atoms with Crippen LogP contribution >= 0.6 is 0 Å². The van der Waals surface area contributed by atoms with Gasteiger partial charge in [0.25, 0.3) is 0 Å². The Morgan fingerprint density at radius 1 is 0.336 bits per heavy atom. The number of benzene rings is 6. The lowest BCUT2D eigenvalue weighted by molar-refractivity contribution is -0.917. The van der Waals surface area contributed by atoms with Gasteiger partial charge in [0.15, 0.2) is 0 Å². The first kappa shape index (κ1) is 99.0. The van der Waals surface area contributed by atoms with E-state index < -0.39 is 0 Å². The predicted octanol–water partition coefficient (Wildman–Crippen LogP) is 13.0. The van der Waals surface area contributed by atoms with Crippen LogP contribution in [0.5, 0.6) is 0 Å². The molecule has 1 aliphatic rings. The van der Waals surface area contributed by atoms with Crippen molar-refractivity contribution >= 4 is 68.2 Å². The molecular weight excluding hydrogens is 1410 g/mol. The molecule has 1 fully saturated rings. The Labute approximate surface area is 685 Å². The van der Waals surface area contributed by atoms with Crippen molar-refractivity contribution in [2.75, 3.05) is 246 Å². The molecular formula is C91H163N19O3+6. The molecule has 0 spiro atoms. The first-order valence-electron chi connectivity index (χ1n) is 41.9. The quantitative estimate of drug-likeness (QED) is 0.00732. The van der Waals surface area contributed by atoms with Gasteiger partial charge in [0.2, 0.25) is 6.33 Å². The van der Waals surface area contributed by atoms with Gasteiger partial charge in [-0.2, -0.15) is 0 Å². The van der Waals surface area contributed by atoms with Crippen molar-refractivity contribution in [1.29, 1.82) is 0 Å². The number of ether oxygens (including phenoxy) is 3. The summed E-state index contributed by atoms with van der Waals surface area (Å²) in [6, 6.07) is 34.8. The van der Waals surface area contributed by atoms with Crippen molar-refractivity contribution in [3.05, 3.63) is 161 Å². The second-order valence-electron chi connectivity index (χ2n) is 35.6. The Balaban J connectivity index is 0.000000352. The molecule has 113 heavy (non-hydrogen) atoms. The summed E-state index contributed by atoms with van der Waals surface area (Å²) < 4.78 is 26.2. The lowest BCUT2D eigenvalue weighted by Gasteiger charge is -2.37. The Morgan fingerprint density at radius 2 is 0.602 bits per heavy atom. The highest BCUT2D eigenvalue weighted by Crippen LogP contribution is 2.25. The third kappa shape index (κ3) is 49.3. The largest absolute Gasteiger partial charge is 0.399 e. The van der Waals surface area contributed by atoms with Gasteiger partial charge >= 0.3 is 0 Å². The average Bonchev–Trinajstić information content (AvgIpc) is 1.27. The maximum absolute atomic E-state index is 5.98. The number of likely N-dealkylation sites (N-methyl/N-ethyl adjacent to an activating group) is 3. The Bertz CT molecular complexity index is 3400. The van der Waals surface area contributed by atoms with Crippen LogP contribution in [0.2, 0.25) is 0 Å². The topological polar surface area (TPSA) is 349 Å². The van der Waals surface area contributed by atoms with Gasteiger partial charge in [0, 0.05) is 81.5 Å². The van der Waals surface area contributed by atoms with E-state index in [0.29, 0.717) is 0 Å². The van der Waals surface area contributed by atoms with Gasteiger partial charge in [-0.1, -0.05) is 62.1 Å². The third-order valence-electron chi connectivity index (χ3n) is 20.2. The van der Waals surface area contributed by atoms with Crippen LogP contribution in [0.1, 0.15) is 149 Å². The molecule has 634 valence electrons. The van der Waals surface area contributed by atoms with E-state index in [-0.39, 0.29) is 0 Å². The van der Waals surface area contributed by atoms with Crippen molar-refractivity contribution in [2.45, 2.75) is 161 Å². The fraction of sp³-hybridized carbons (Fsp3) is 0.571. The number of hydrogen-bond acceptors (Lipinski definition) is 15. The van der Waals surface area contributed by atoms with Gasteiger partial charge in [-0.25, -0.2) is 9.13 Å². The normalized spacial score (nSPS) is 12.7. The molecule has 7 aromatic rings. The van der Waals surface area contributed by atoms with Crippen LogP contribution < -0.4 is 73.4 Å². The average molecular weight is 1570 g/mol. The van der Waals surface area contributed by atoms with Crippen LogP contribution in [0.3, 0.4) is 0 Å². The summed E-state index contributed by atoms with van der Waals surface area (Å²) in [4.78, 5) is 0. The van der Waals surface area contributed by atoms with Crippen molar-refractivity contribution in [3.8, 4) is 0 Å². The molecule has 1 aliphatic heterocycles. The molecule has 1 aromatic heterocycles. The molecule has 24 N–H and O–H groups in total. The monoisotopic (exact) mass is 1570 g/mol. The van der Waals surface area contributed by atoms with Gasteiger partial charge < -0.3 is 105 Å². The zero-order chi connectivity index (χ0) is 83.9. The molecule has 0 amide bonds. The van der Waals surface area contributed by atoms with E-state index in [1.54, 1.807) is 0 Å². The van der Waals surface area contributed by atoms with Crippen molar-refractivity contribution in [2.24, 2.45) is 7.05 Å². The van der Waals surface area contributed by atoms with Crippen LogP contribution in [-0.2, 0) is 66.3 Å². The Morgan fingerprint density at radius 3 is 0.867 bits per heavy atom. The van der Waals surface area contributed by atoms with E-state index in [4.69, 9.17) is 83.0 Å². The van der Waals surface area contributed by atoms with Crippen LogP contribution in [-0.4, -0.2) is 204 Å². The molecule has 8 rings (SSSR count). The van der Waals surface area contributed by atoms with E-state index in [0.717, 1.165) is 208 Å². The fourth-order valence-corrected chi connectivity index (χ4v) is 12.9. The number of aromatic nitrogens is 2. The molecule has 0 bridgehead atoms. The number of morpholine rings is 1. The number of aryl methyl sites for hydroxylation is 8. The molecule has 0 radical (unpaired) electrons. The van der Waals surface area contributed by atoms with E-state index in [9.17, 15) is 0 Å². The smallest absolute Gasteiger partial charge is 0.243 e. The lowest BCUT2D eigenvalue weighted by atomic mass is 10.0. The highest BCUT2D eigenvalue weighted by atomic mass is 16.5. The zero-order valence-corrected chi connectivity index (χ0v) is 73.3. The van der Waals surface area contributed by atoms with Gasteiger partial charge in [-0.15, -0.1) is 0 Å². The summed E-state index contributed by atoms with van der Waals surface area (Å²) >= 11 is 0. The second-order valence-corrected chi connectivity index (χ2v) is 35.6. The molecule has 6 aromatic carbocycles. The molecule has 22 nitrogen and oxygen atoms in total. The van der Waals surface area contributed by atoms with Crippen LogP contribution in [0.15, 0.2) is 128 Å². The van der Waals surface area contributed by atoms with E-state index in [1.807, 2.05) is 98.0 Å². The van der Waals surface area contributed by atoms with Gasteiger partial charge in [-0.3, -0.25) is 0 Å². The Kier molecular flexibility index (Phi) is 46.5. The van der Waals surface area contributed by atoms with E-state index in [2.05, 4.69) is 138 Å². The Hall–Kier alpha value is -8.19. The SMILES string of the molecule is C[N+](C)(C)CCCCCCc1ccc(N)cc1N.C[N+](C)(C)CCCCCCc1ccc(N)cc1N.C[N+](C)(C)CCOCCCc1ccc(N)cc1N.C[N+](C)(C)CCOCCCc1ccc(N)cc1N.C[N+]1(CCCCCCc2ccc(N)cc2N)CCOCC1.C[n+]1ccn(CCCCCCc2ccc(N)cc2N)c1. The molecule has 0 atom stereocenters. The van der Waals surface area contributed by atoms with Crippen molar-refractivity contribution in [1.82, 2.24) is 4.57 Å². The maximum Gasteiger partial charge on any atom is 0.243 e. The fourth-order valence-electron chi connectivity index (χ4n) is 12.9. The van der Waals surface area contributed by atoms with Crippen molar-refractivity contribution < 1.29 is 41.2 Å². The number of unbranched alkanes of at least 4 members (excludes halogenated alkanes) is 12. The minimum absolute atomic E-state index is 0.718. The number of rotatable bonds is 42. The molecule has 0 saturated carbocycles. The van der Waals surface area contributed by atoms with Crippen LogP contribution in [0.25, 0.3) is 0 Å². The lowest BCUT2D eigenvalue weighted by Crippen LogP contribution is -2.52. The van der Waals surface area contributed by atoms with E-state index in [1.165, 1.54) is 162 Å². The zero-order valence-electron chi connectivity index (χ0n) is 73.3. The minimum atomic E-state index is 0.718. The van der Waals surface area contributed by atoms with Crippen molar-refractivity contribution in [3.63, 3.8) is 0 Å². The first-order chi connectivity index (χ1) is 53.3. The molecule has 0 aliphatic carbocycles. The van der Waals surface area contributed by atoms with Gasteiger partial charge in [-0.05, 0) is 235 Å². The second kappa shape index (κ2) is 53.1. The van der Waals surface area contributed by atoms with Crippen LogP contribution in [0.4, 0.5) is 68.2 Å². The van der Waals surface area contributed by atoms with Crippen LogP contribution in [0, 0.1) is 0 Å². The summed E-state index contributed by atoms with van der Waals surface area (Å²) in [5, 5.41) is 0. The summed E-state index contributed by atoms with van der Waals surface area (Å²) in [7, 11) is 30.9. The first-order valence-corrected chi connectivity index (χ1v) is 41.9. The van der Waals surface area contributed by atoms with E-state index >= 15 is 0 Å². The third-order valence-corrected chi connectivity index (χ3v) is 20.2. The number of hydrogen-bond donors (Lipinski definition) is 12. The number of quaternary nitrogens is 5. The highest BCUT2D eigenvalue weighted by Gasteiger charge is 2.24. The highest BCUT2D eigenvalue weighted by molar-refractivity contribution is 5.60. The summed E-state index contributed by atoms with van der Waals surface area (Å²) in [6.45, 7) is 14.3. The number of nitrogen functional groups attached to an aromatic ring is 12. The minimum Gasteiger partial charge on any atom is -0.399 e. The summed E-state index contributed by atoms with van der Waals surface area (Å²) in [5.41, 5.74) is 86.2. The molecule has 22 heteroatoms. The van der Waals surface area contributed by atoms with Gasteiger partial charge in [0.1, 0.15) is 38.6 Å². The summed E-state index contributed by atoms with van der Waals surface area (Å²) in [5.74, 6) is 0. The standard InChI is InChI=1S/C17H30N3O.C16H25N4.2C15H28N3.2C14H26N3O/c1-20(10-12-21-13-11-20)9-5-3-2-4-6-15-7-8-16(18)14-17(15)19;1-19-10-11-20(13-19)9-5-3-2-4-6-14-7-8-15(17)12-16(14)18;2*1-18(2,3)11-7-5-4-6-8-13-9-10-14(16)12-15(13)17;2*1-17(2,3)8-10-18-9-4-5-12-6-7-13(15)11-14(12)16/h7-8,14H,2-6,9-13,18-19H2,1H3;7-8,10-13H,2-6,9,17-18H2,1H3;2*9-10,12H,4-8,11,16-17H2,1-3H3;2*6-7,11H,4-5,8-10,15-16H2,1-3H3/q6*+1. The number of nitrogens with two attached hydrogens (primary N) is 12. The summed E-state index contributed by atoms with van der Waals surface area (Å²) in [6.07, 6.45) is 34.7. The number of anilines is 12. The molecule has 0 unspecified atom stereocenters.